The molecule has 3 aromatic rings. The molecule has 3 aromatic carbocycles. The SMILES string of the molecule is Cc1ccc(S(=O)(=O)NNC2CC(c3ccc(Br)cc3)=NN2S(=O)(=O)c2ccc(C)cc2)cc1. The molecule has 8 nitrogen and oxygen atoms in total. The van der Waals surface area contributed by atoms with E-state index in [1.165, 1.54) is 24.3 Å². The highest BCUT2D eigenvalue weighted by atomic mass is 79.9. The van der Waals surface area contributed by atoms with E-state index in [1.807, 2.05) is 38.1 Å². The van der Waals surface area contributed by atoms with Gasteiger partial charge in [-0.25, -0.2) is 13.8 Å². The maximum absolute atomic E-state index is 13.4. The third kappa shape index (κ3) is 5.23. The average Bonchev–Trinajstić information content (AvgIpc) is 3.24. The zero-order chi connectivity index (χ0) is 24.5. The van der Waals surface area contributed by atoms with Crippen molar-refractivity contribution in [3.63, 3.8) is 0 Å². The summed E-state index contributed by atoms with van der Waals surface area (Å²) >= 11 is 3.38. The van der Waals surface area contributed by atoms with E-state index < -0.39 is 26.2 Å². The van der Waals surface area contributed by atoms with Gasteiger partial charge in [-0.05, 0) is 55.8 Å². The van der Waals surface area contributed by atoms with E-state index in [2.05, 4.69) is 31.3 Å². The van der Waals surface area contributed by atoms with Crippen LogP contribution in [0.5, 0.6) is 0 Å². The number of halogens is 1. The van der Waals surface area contributed by atoms with Gasteiger partial charge in [-0.2, -0.15) is 17.9 Å². The highest BCUT2D eigenvalue weighted by molar-refractivity contribution is 9.10. The number of nitrogens with zero attached hydrogens (tertiary/aromatic N) is 2. The molecule has 178 valence electrons. The van der Waals surface area contributed by atoms with Gasteiger partial charge in [0.2, 0.25) is 0 Å². The van der Waals surface area contributed by atoms with Crippen molar-refractivity contribution in [2.45, 2.75) is 36.2 Å². The molecule has 34 heavy (non-hydrogen) atoms. The third-order valence-corrected chi connectivity index (χ3v) is 8.81. The molecule has 1 unspecified atom stereocenters. The van der Waals surface area contributed by atoms with Crippen molar-refractivity contribution in [1.82, 2.24) is 14.7 Å². The number of aryl methyl sites for hydroxylation is 2. The van der Waals surface area contributed by atoms with Crippen molar-refractivity contribution in [2.24, 2.45) is 5.10 Å². The lowest BCUT2D eigenvalue weighted by Crippen LogP contribution is -2.51. The van der Waals surface area contributed by atoms with Crippen LogP contribution >= 0.6 is 15.9 Å². The van der Waals surface area contributed by atoms with Crippen LogP contribution in [0.2, 0.25) is 0 Å². The Hall–Kier alpha value is -2.57. The van der Waals surface area contributed by atoms with E-state index in [4.69, 9.17) is 0 Å². The van der Waals surface area contributed by atoms with Gasteiger partial charge in [0.1, 0.15) is 6.17 Å². The Kier molecular flexibility index (Phi) is 6.92. The number of hydrogen-bond donors (Lipinski definition) is 2. The van der Waals surface area contributed by atoms with Crippen molar-refractivity contribution in [2.75, 3.05) is 0 Å². The molecule has 11 heteroatoms. The third-order valence-electron chi connectivity index (χ3n) is 5.31. The van der Waals surface area contributed by atoms with Gasteiger partial charge in [-0.3, -0.25) is 0 Å². The molecule has 0 spiro atoms. The van der Waals surface area contributed by atoms with E-state index in [9.17, 15) is 16.8 Å². The van der Waals surface area contributed by atoms with Crippen LogP contribution in [0.4, 0.5) is 0 Å². The summed E-state index contributed by atoms with van der Waals surface area (Å²) in [7, 11) is -7.98. The Morgan fingerprint density at radius 3 is 1.91 bits per heavy atom. The van der Waals surface area contributed by atoms with Gasteiger partial charge >= 0.3 is 0 Å². The highest BCUT2D eigenvalue weighted by Crippen LogP contribution is 2.27. The maximum atomic E-state index is 13.4. The second-order valence-electron chi connectivity index (χ2n) is 7.93. The minimum atomic E-state index is -4.05. The molecule has 0 aliphatic carbocycles. The number of rotatable bonds is 7. The lowest BCUT2D eigenvalue weighted by molar-refractivity contribution is 0.301. The van der Waals surface area contributed by atoms with E-state index in [-0.39, 0.29) is 16.2 Å². The van der Waals surface area contributed by atoms with Crippen molar-refractivity contribution >= 4 is 41.7 Å². The predicted octanol–water partition coefficient (Wildman–Crippen LogP) is 3.67. The fourth-order valence-electron chi connectivity index (χ4n) is 3.38. The quantitative estimate of drug-likeness (QED) is 0.427. The molecule has 1 aliphatic heterocycles. The number of nitrogens with one attached hydrogen (secondary N) is 2. The Labute approximate surface area is 207 Å². The molecular weight excluding hydrogens is 540 g/mol. The van der Waals surface area contributed by atoms with Gasteiger partial charge in [-0.15, -0.1) is 4.83 Å². The largest absolute Gasteiger partial charge is 0.280 e. The molecule has 0 saturated heterocycles. The second kappa shape index (κ2) is 9.59. The summed E-state index contributed by atoms with van der Waals surface area (Å²) in [6, 6.07) is 20.1. The Bertz CT molecular complexity index is 1420. The van der Waals surface area contributed by atoms with Crippen LogP contribution in [-0.2, 0) is 20.0 Å². The zero-order valence-electron chi connectivity index (χ0n) is 18.4. The van der Waals surface area contributed by atoms with E-state index in [1.54, 1.807) is 24.3 Å². The molecule has 0 saturated carbocycles. The average molecular weight is 563 g/mol. The summed E-state index contributed by atoms with van der Waals surface area (Å²) in [6.07, 6.45) is -0.812. The number of hydrazone groups is 1. The van der Waals surface area contributed by atoms with Gasteiger partial charge in [-0.1, -0.05) is 63.5 Å². The smallest absolute Gasteiger partial charge is 0.219 e. The first kappa shape index (κ1) is 24.6. The first-order chi connectivity index (χ1) is 16.1. The van der Waals surface area contributed by atoms with Gasteiger partial charge in [0.25, 0.3) is 20.0 Å². The molecule has 0 radical (unpaired) electrons. The summed E-state index contributed by atoms with van der Waals surface area (Å²) in [5.74, 6) is 0. The molecular formula is C23H23BrN4O4S2. The topological polar surface area (TPSA) is 108 Å². The number of hydrazine groups is 1. The first-order valence-corrected chi connectivity index (χ1v) is 14.1. The summed E-state index contributed by atoms with van der Waals surface area (Å²) in [5.41, 5.74) is 5.75. The Morgan fingerprint density at radius 2 is 1.35 bits per heavy atom. The number of sulfonamides is 2. The van der Waals surface area contributed by atoms with Gasteiger partial charge in [0, 0.05) is 10.9 Å². The minimum absolute atomic E-state index is 0.0607. The second-order valence-corrected chi connectivity index (χ2v) is 12.3. The van der Waals surface area contributed by atoms with Crippen molar-refractivity contribution in [1.29, 1.82) is 0 Å². The lowest BCUT2D eigenvalue weighted by atomic mass is 10.1. The van der Waals surface area contributed by atoms with Crippen LogP contribution in [0, 0.1) is 13.8 Å². The van der Waals surface area contributed by atoms with Crippen LogP contribution in [0.3, 0.4) is 0 Å². The van der Waals surface area contributed by atoms with E-state index in [0.29, 0.717) is 5.71 Å². The molecule has 0 amide bonds. The fourth-order valence-corrected chi connectivity index (χ4v) is 5.91. The molecule has 1 atom stereocenters. The van der Waals surface area contributed by atoms with E-state index in [0.717, 1.165) is 25.6 Å². The maximum Gasteiger partial charge on any atom is 0.280 e. The summed E-state index contributed by atoms with van der Waals surface area (Å²) in [4.78, 5) is 2.44. The zero-order valence-corrected chi connectivity index (χ0v) is 21.7. The van der Waals surface area contributed by atoms with Gasteiger partial charge < -0.3 is 0 Å². The summed E-state index contributed by atoms with van der Waals surface area (Å²) in [6.45, 7) is 3.72. The van der Waals surface area contributed by atoms with Crippen LogP contribution in [-0.4, -0.2) is 33.1 Å². The molecule has 0 bridgehead atoms. The van der Waals surface area contributed by atoms with Gasteiger partial charge in [0.05, 0.1) is 15.5 Å². The van der Waals surface area contributed by atoms with Crippen molar-refractivity contribution < 1.29 is 16.8 Å². The van der Waals surface area contributed by atoms with Crippen LogP contribution in [0.15, 0.2) is 92.2 Å². The molecule has 1 aliphatic rings. The van der Waals surface area contributed by atoms with E-state index >= 15 is 0 Å². The highest BCUT2D eigenvalue weighted by Gasteiger charge is 2.37. The van der Waals surface area contributed by atoms with Crippen molar-refractivity contribution in [3.8, 4) is 0 Å². The molecule has 1 heterocycles. The standard InChI is InChI=1S/C23H23BrN4O4S2/c1-16-3-11-20(12-4-16)33(29,30)27-25-23-15-22(18-7-9-19(24)10-8-18)26-28(23)34(31,32)21-13-5-17(2)6-14-21/h3-14,23,25,27H,15H2,1-2H3. The molecule has 0 aromatic heterocycles. The fraction of sp³-hybridized carbons (Fsp3) is 0.174. The summed E-state index contributed by atoms with van der Waals surface area (Å²) < 4.78 is 54.2. The monoisotopic (exact) mass is 562 g/mol. The normalized spacial score (nSPS) is 16.5. The number of benzene rings is 3. The molecule has 4 rings (SSSR count). The first-order valence-electron chi connectivity index (χ1n) is 10.3. The minimum Gasteiger partial charge on any atom is -0.219 e. The van der Waals surface area contributed by atoms with Crippen molar-refractivity contribution in [3.05, 3.63) is 94.0 Å². The van der Waals surface area contributed by atoms with Crippen LogP contribution in [0.25, 0.3) is 0 Å². The Morgan fingerprint density at radius 1 is 0.824 bits per heavy atom. The molecule has 0 fully saturated rings. The van der Waals surface area contributed by atoms with Crippen LogP contribution < -0.4 is 10.3 Å². The molecule has 2 N–H and O–H groups in total. The lowest BCUT2D eigenvalue weighted by Gasteiger charge is -2.24. The van der Waals surface area contributed by atoms with Gasteiger partial charge in [0.15, 0.2) is 0 Å². The Balaban J connectivity index is 1.64. The predicted molar refractivity (Wildman–Crippen MR) is 134 cm³/mol. The number of hydrogen-bond acceptors (Lipinski definition) is 6. The summed E-state index contributed by atoms with van der Waals surface area (Å²) in [5, 5.41) is 4.37. The van der Waals surface area contributed by atoms with Crippen LogP contribution in [0.1, 0.15) is 23.1 Å².